The molecule has 1 aromatic heterocycles. The number of halogens is 3. The number of pyridine rings is 1. The normalized spacial score (nSPS) is 11.0. The second kappa shape index (κ2) is 4.68. The molecule has 0 aliphatic rings. The van der Waals surface area contributed by atoms with Gasteiger partial charge in [0.15, 0.2) is 0 Å². The number of fused-ring (bicyclic) bond motifs is 1. The maximum atomic E-state index is 13.6. The zero-order chi connectivity index (χ0) is 11.7. The van der Waals surface area contributed by atoms with Crippen LogP contribution in [0.1, 0.15) is 19.0 Å². The maximum Gasteiger partial charge on any atom is 0.134 e. The Kier molecular flexibility index (Phi) is 3.45. The van der Waals surface area contributed by atoms with Crippen LogP contribution in [0.2, 0.25) is 5.02 Å². The van der Waals surface area contributed by atoms with Gasteiger partial charge in [-0.2, -0.15) is 0 Å². The number of hydrogen-bond acceptors (Lipinski definition) is 1. The molecular weight excluding hydrogens is 292 g/mol. The van der Waals surface area contributed by atoms with Crippen LogP contribution in [0.3, 0.4) is 0 Å². The number of hydrogen-bond donors (Lipinski definition) is 0. The number of benzene rings is 1. The third-order valence-corrected chi connectivity index (χ3v) is 3.31. The number of rotatable bonds is 2. The maximum absolute atomic E-state index is 13.6. The summed E-state index contributed by atoms with van der Waals surface area (Å²) >= 11 is 9.44. The summed E-state index contributed by atoms with van der Waals surface area (Å²) in [4.78, 5) is 4.41. The topological polar surface area (TPSA) is 12.9 Å². The van der Waals surface area contributed by atoms with Crippen molar-refractivity contribution >= 4 is 38.4 Å². The van der Waals surface area contributed by atoms with Crippen LogP contribution < -0.4 is 0 Å². The van der Waals surface area contributed by atoms with Gasteiger partial charge < -0.3 is 0 Å². The van der Waals surface area contributed by atoms with Crippen LogP contribution in [0.15, 0.2) is 22.7 Å². The van der Waals surface area contributed by atoms with Crippen molar-refractivity contribution in [2.24, 2.45) is 0 Å². The Hall–Kier alpha value is -0.670. The molecule has 0 aliphatic heterocycles. The van der Waals surface area contributed by atoms with Crippen molar-refractivity contribution in [3.8, 4) is 0 Å². The SMILES string of the molecule is CCCc1cc(Cl)c2c(F)ccc(Br)c2n1. The molecule has 1 aromatic carbocycles. The minimum absolute atomic E-state index is 0.334. The average molecular weight is 303 g/mol. The Morgan fingerprint density at radius 3 is 2.88 bits per heavy atom. The summed E-state index contributed by atoms with van der Waals surface area (Å²) in [5.41, 5.74) is 1.49. The number of aromatic nitrogens is 1. The van der Waals surface area contributed by atoms with Crippen molar-refractivity contribution in [3.05, 3.63) is 39.2 Å². The third kappa shape index (κ3) is 2.06. The molecule has 0 bridgehead atoms. The van der Waals surface area contributed by atoms with Gasteiger partial charge in [0.05, 0.1) is 15.9 Å². The first-order valence-corrected chi connectivity index (χ1v) is 6.23. The second-order valence-corrected chi connectivity index (χ2v) is 4.86. The van der Waals surface area contributed by atoms with Crippen molar-refractivity contribution in [2.45, 2.75) is 19.8 Å². The highest BCUT2D eigenvalue weighted by Gasteiger charge is 2.11. The lowest BCUT2D eigenvalue weighted by atomic mass is 10.1. The summed E-state index contributed by atoms with van der Waals surface area (Å²) in [6, 6.07) is 4.78. The van der Waals surface area contributed by atoms with Gasteiger partial charge >= 0.3 is 0 Å². The van der Waals surface area contributed by atoms with E-state index in [4.69, 9.17) is 11.6 Å². The fraction of sp³-hybridized carbons (Fsp3) is 0.250. The van der Waals surface area contributed by atoms with Gasteiger partial charge in [0.25, 0.3) is 0 Å². The van der Waals surface area contributed by atoms with Crippen LogP contribution in [0, 0.1) is 5.82 Å². The van der Waals surface area contributed by atoms with Gasteiger partial charge in [-0.25, -0.2) is 4.39 Å². The molecule has 1 nitrogen and oxygen atoms in total. The van der Waals surface area contributed by atoms with Gasteiger partial charge in [-0.3, -0.25) is 4.98 Å². The Morgan fingerprint density at radius 1 is 1.44 bits per heavy atom. The van der Waals surface area contributed by atoms with E-state index >= 15 is 0 Å². The summed E-state index contributed by atoms with van der Waals surface area (Å²) < 4.78 is 14.4. The predicted octanol–water partition coefficient (Wildman–Crippen LogP) is 4.74. The standard InChI is InChI=1S/C12H10BrClFN/c1-2-3-7-6-9(14)11-10(15)5-4-8(13)12(11)16-7/h4-6H,2-3H2,1H3. The van der Waals surface area contributed by atoms with E-state index in [1.165, 1.54) is 6.07 Å². The lowest BCUT2D eigenvalue weighted by Crippen LogP contribution is -1.93. The highest BCUT2D eigenvalue weighted by molar-refractivity contribution is 9.10. The molecular formula is C12H10BrClFN. The molecule has 0 saturated heterocycles. The van der Waals surface area contributed by atoms with Crippen LogP contribution in [0.5, 0.6) is 0 Å². The summed E-state index contributed by atoms with van der Waals surface area (Å²) in [7, 11) is 0. The minimum Gasteiger partial charge on any atom is -0.251 e. The smallest absolute Gasteiger partial charge is 0.134 e. The van der Waals surface area contributed by atoms with Crippen molar-refractivity contribution < 1.29 is 4.39 Å². The lowest BCUT2D eigenvalue weighted by molar-refractivity contribution is 0.639. The Balaban J connectivity index is 2.76. The Labute approximate surface area is 107 Å². The van der Waals surface area contributed by atoms with E-state index in [2.05, 4.69) is 27.8 Å². The highest BCUT2D eigenvalue weighted by atomic mass is 79.9. The predicted molar refractivity (Wildman–Crippen MR) is 68.4 cm³/mol. The molecule has 0 spiro atoms. The molecule has 84 valence electrons. The van der Waals surface area contributed by atoms with Crippen molar-refractivity contribution in [1.29, 1.82) is 0 Å². The molecule has 0 N–H and O–H groups in total. The zero-order valence-electron chi connectivity index (χ0n) is 8.73. The number of aryl methyl sites for hydroxylation is 1. The van der Waals surface area contributed by atoms with E-state index in [1.807, 2.05) is 0 Å². The molecule has 2 rings (SSSR count). The number of nitrogens with zero attached hydrogens (tertiary/aromatic N) is 1. The third-order valence-electron chi connectivity index (χ3n) is 2.37. The summed E-state index contributed by atoms with van der Waals surface area (Å²) in [6.07, 6.45) is 1.83. The summed E-state index contributed by atoms with van der Waals surface area (Å²) in [5, 5.41) is 0.808. The molecule has 0 aliphatic carbocycles. The first kappa shape index (κ1) is 11.8. The molecule has 0 fully saturated rings. The van der Waals surface area contributed by atoms with E-state index in [0.29, 0.717) is 15.9 Å². The molecule has 16 heavy (non-hydrogen) atoms. The Morgan fingerprint density at radius 2 is 2.19 bits per heavy atom. The van der Waals surface area contributed by atoms with Crippen LogP contribution in [0.25, 0.3) is 10.9 Å². The fourth-order valence-corrected chi connectivity index (χ4v) is 2.38. The van der Waals surface area contributed by atoms with Gasteiger partial charge in [0, 0.05) is 10.2 Å². The van der Waals surface area contributed by atoms with E-state index in [1.54, 1.807) is 12.1 Å². The quantitative estimate of drug-likeness (QED) is 0.780. The van der Waals surface area contributed by atoms with Crippen LogP contribution in [-0.2, 0) is 6.42 Å². The van der Waals surface area contributed by atoms with Crippen LogP contribution in [-0.4, -0.2) is 4.98 Å². The van der Waals surface area contributed by atoms with E-state index in [0.717, 1.165) is 23.0 Å². The molecule has 0 saturated carbocycles. The van der Waals surface area contributed by atoms with Gasteiger partial charge in [-0.05, 0) is 40.5 Å². The first-order chi connectivity index (χ1) is 7.63. The van der Waals surface area contributed by atoms with Crippen LogP contribution >= 0.6 is 27.5 Å². The summed E-state index contributed by atoms with van der Waals surface area (Å²) in [6.45, 7) is 2.07. The largest absolute Gasteiger partial charge is 0.251 e. The zero-order valence-corrected chi connectivity index (χ0v) is 11.1. The molecule has 4 heteroatoms. The second-order valence-electron chi connectivity index (χ2n) is 3.60. The van der Waals surface area contributed by atoms with Crippen molar-refractivity contribution in [2.75, 3.05) is 0 Å². The molecule has 0 amide bonds. The molecule has 0 radical (unpaired) electrons. The first-order valence-electron chi connectivity index (χ1n) is 5.06. The van der Waals surface area contributed by atoms with E-state index < -0.39 is 0 Å². The van der Waals surface area contributed by atoms with E-state index in [-0.39, 0.29) is 5.82 Å². The minimum atomic E-state index is -0.334. The summed E-state index contributed by atoms with van der Waals surface area (Å²) in [5.74, 6) is -0.334. The molecule has 2 aromatic rings. The van der Waals surface area contributed by atoms with Gasteiger partial charge in [-0.1, -0.05) is 24.9 Å². The van der Waals surface area contributed by atoms with Crippen molar-refractivity contribution in [1.82, 2.24) is 4.98 Å². The van der Waals surface area contributed by atoms with Gasteiger partial charge in [-0.15, -0.1) is 0 Å². The fourth-order valence-electron chi connectivity index (χ4n) is 1.66. The molecule has 0 atom stereocenters. The van der Waals surface area contributed by atoms with Crippen molar-refractivity contribution in [3.63, 3.8) is 0 Å². The van der Waals surface area contributed by atoms with E-state index in [9.17, 15) is 4.39 Å². The van der Waals surface area contributed by atoms with Crippen LogP contribution in [0.4, 0.5) is 4.39 Å². The monoisotopic (exact) mass is 301 g/mol. The lowest BCUT2D eigenvalue weighted by Gasteiger charge is -2.06. The molecule has 1 heterocycles. The highest BCUT2D eigenvalue weighted by Crippen LogP contribution is 2.31. The Bertz CT molecular complexity index is 542. The average Bonchev–Trinajstić information content (AvgIpc) is 2.23. The van der Waals surface area contributed by atoms with Gasteiger partial charge in [0.2, 0.25) is 0 Å². The molecule has 0 unspecified atom stereocenters. The van der Waals surface area contributed by atoms with Gasteiger partial charge in [0.1, 0.15) is 5.82 Å².